The molecule has 0 unspecified atom stereocenters. The zero-order valence-electron chi connectivity index (χ0n) is 19.3. The van der Waals surface area contributed by atoms with Crippen LogP contribution in [0, 0.1) is 26.6 Å². The van der Waals surface area contributed by atoms with Crippen molar-refractivity contribution in [3.63, 3.8) is 0 Å². The van der Waals surface area contributed by atoms with Gasteiger partial charge in [0.2, 0.25) is 5.43 Å². The summed E-state index contributed by atoms with van der Waals surface area (Å²) in [5.74, 6) is -0.0730. The Balaban J connectivity index is 1.95. The maximum atomic E-state index is 13.4. The van der Waals surface area contributed by atoms with Crippen LogP contribution in [0.3, 0.4) is 0 Å². The Labute approximate surface area is 196 Å². The molecule has 1 N–H and O–H groups in total. The quantitative estimate of drug-likeness (QED) is 0.446. The van der Waals surface area contributed by atoms with Crippen LogP contribution in [0.2, 0.25) is 0 Å². The number of methoxy groups -OCH3 is 1. The Morgan fingerprint density at radius 1 is 0.941 bits per heavy atom. The van der Waals surface area contributed by atoms with Crippen molar-refractivity contribution < 1.29 is 13.9 Å². The zero-order chi connectivity index (χ0) is 24.4. The number of benzene rings is 3. The maximum Gasteiger partial charge on any atom is 0.256 e. The first-order valence-corrected chi connectivity index (χ1v) is 10.7. The highest BCUT2D eigenvalue weighted by Crippen LogP contribution is 2.29. The second kappa shape index (κ2) is 9.31. The minimum absolute atomic E-state index is 0.221. The van der Waals surface area contributed by atoms with Crippen molar-refractivity contribution in [2.75, 3.05) is 12.4 Å². The molecule has 0 aliphatic heterocycles. The third kappa shape index (κ3) is 4.45. The summed E-state index contributed by atoms with van der Waals surface area (Å²) in [6.07, 6.45) is 0. The van der Waals surface area contributed by atoms with E-state index in [0.29, 0.717) is 22.6 Å². The van der Waals surface area contributed by atoms with E-state index in [4.69, 9.17) is 4.74 Å². The van der Waals surface area contributed by atoms with Gasteiger partial charge in [0.15, 0.2) is 0 Å². The zero-order valence-corrected chi connectivity index (χ0v) is 19.3. The average molecular weight is 458 g/mol. The van der Waals surface area contributed by atoms with E-state index >= 15 is 0 Å². The minimum Gasteiger partial charge on any atom is -0.497 e. The minimum atomic E-state index is -0.489. The van der Waals surface area contributed by atoms with Crippen LogP contribution < -0.4 is 15.5 Å². The van der Waals surface area contributed by atoms with Crippen molar-refractivity contribution in [2.24, 2.45) is 0 Å². The van der Waals surface area contributed by atoms with Crippen LogP contribution in [0.5, 0.6) is 5.75 Å². The van der Waals surface area contributed by atoms with E-state index in [1.165, 1.54) is 24.3 Å². The lowest BCUT2D eigenvalue weighted by molar-refractivity contribution is 0.102. The van der Waals surface area contributed by atoms with Gasteiger partial charge in [0.1, 0.15) is 23.1 Å². The van der Waals surface area contributed by atoms with Crippen molar-refractivity contribution in [2.45, 2.75) is 20.8 Å². The van der Waals surface area contributed by atoms with Gasteiger partial charge in [0.25, 0.3) is 5.91 Å². The molecule has 0 atom stereocenters. The van der Waals surface area contributed by atoms with Crippen LogP contribution in [0.1, 0.15) is 27.2 Å². The topological polar surface area (TPSA) is 73.2 Å². The first kappa shape index (κ1) is 22.9. The third-order valence-electron chi connectivity index (χ3n) is 5.71. The summed E-state index contributed by atoms with van der Waals surface area (Å²) in [5.41, 5.74) is 3.96. The van der Waals surface area contributed by atoms with E-state index in [1.807, 2.05) is 32.0 Å². The molecule has 1 aromatic heterocycles. The number of carbonyl (C=O) groups is 1. The maximum absolute atomic E-state index is 13.4. The smallest absolute Gasteiger partial charge is 0.256 e. The monoisotopic (exact) mass is 457 g/mol. The van der Waals surface area contributed by atoms with Gasteiger partial charge in [-0.3, -0.25) is 9.59 Å². The third-order valence-corrected chi connectivity index (χ3v) is 5.71. The molecule has 0 aliphatic carbocycles. The highest BCUT2D eigenvalue weighted by atomic mass is 19.1. The summed E-state index contributed by atoms with van der Waals surface area (Å²) >= 11 is 0. The molecule has 0 fully saturated rings. The summed E-state index contributed by atoms with van der Waals surface area (Å²) < 4.78 is 20.2. The number of hydrogen-bond donors (Lipinski definition) is 1. The lowest BCUT2D eigenvalue weighted by Crippen LogP contribution is -2.25. The molecule has 4 rings (SSSR count). The molecule has 1 heterocycles. The van der Waals surface area contributed by atoms with E-state index in [0.717, 1.165) is 11.1 Å². The molecule has 0 saturated heterocycles. The van der Waals surface area contributed by atoms with E-state index in [-0.39, 0.29) is 22.5 Å². The fourth-order valence-corrected chi connectivity index (χ4v) is 3.61. The van der Waals surface area contributed by atoms with E-state index < -0.39 is 11.7 Å². The summed E-state index contributed by atoms with van der Waals surface area (Å²) in [4.78, 5) is 26.4. The lowest BCUT2D eigenvalue weighted by atomic mass is 10.0. The molecule has 1 amide bonds. The summed E-state index contributed by atoms with van der Waals surface area (Å²) in [6.45, 7) is 5.62. The lowest BCUT2D eigenvalue weighted by Gasteiger charge is -2.19. The summed E-state index contributed by atoms with van der Waals surface area (Å²) in [7, 11) is 1.56. The largest absolute Gasteiger partial charge is 0.497 e. The molecule has 6 nitrogen and oxygen atoms in total. The van der Waals surface area contributed by atoms with Gasteiger partial charge in [-0.2, -0.15) is 5.10 Å². The van der Waals surface area contributed by atoms with Crippen LogP contribution in [0.4, 0.5) is 10.2 Å². The van der Waals surface area contributed by atoms with Gasteiger partial charge in [-0.1, -0.05) is 18.2 Å². The van der Waals surface area contributed by atoms with Crippen molar-refractivity contribution in [3.8, 4) is 22.6 Å². The number of rotatable bonds is 5. The molecule has 172 valence electrons. The van der Waals surface area contributed by atoms with Gasteiger partial charge in [0, 0.05) is 5.56 Å². The van der Waals surface area contributed by atoms with Crippen LogP contribution in [0.25, 0.3) is 16.8 Å². The van der Waals surface area contributed by atoms with Gasteiger partial charge >= 0.3 is 0 Å². The Bertz CT molecular complexity index is 1430. The van der Waals surface area contributed by atoms with Crippen molar-refractivity contribution in [3.05, 3.63) is 105 Å². The molecule has 0 bridgehead atoms. The molecule has 0 aliphatic rings. The second-order valence-corrected chi connectivity index (χ2v) is 8.01. The molecule has 4 aromatic rings. The average Bonchev–Trinajstić information content (AvgIpc) is 2.84. The molecule has 7 heteroatoms. The van der Waals surface area contributed by atoms with Gasteiger partial charge < -0.3 is 10.1 Å². The number of anilines is 1. The van der Waals surface area contributed by atoms with Gasteiger partial charge in [-0.15, -0.1) is 0 Å². The van der Waals surface area contributed by atoms with E-state index in [1.54, 1.807) is 43.0 Å². The number of ether oxygens (including phenoxy) is 1. The fraction of sp³-hybridized carbons (Fsp3) is 0.148. The summed E-state index contributed by atoms with van der Waals surface area (Å²) in [6, 6.07) is 18.0. The van der Waals surface area contributed by atoms with Crippen molar-refractivity contribution in [1.29, 1.82) is 0 Å². The Morgan fingerprint density at radius 3 is 2.24 bits per heavy atom. The number of aromatic nitrogens is 2. The Morgan fingerprint density at radius 2 is 1.62 bits per heavy atom. The molecular formula is C27H24FN3O3. The Hall–Kier alpha value is -4.26. The van der Waals surface area contributed by atoms with Crippen molar-refractivity contribution in [1.82, 2.24) is 9.78 Å². The van der Waals surface area contributed by atoms with Gasteiger partial charge in [-0.25, -0.2) is 9.07 Å². The molecule has 0 radical (unpaired) electrons. The highest BCUT2D eigenvalue weighted by molar-refractivity contribution is 6.05. The number of halogens is 1. The fourth-order valence-electron chi connectivity index (χ4n) is 3.61. The number of aryl methyl sites for hydroxylation is 3. The van der Waals surface area contributed by atoms with Crippen molar-refractivity contribution >= 4 is 11.7 Å². The van der Waals surface area contributed by atoms with E-state index in [9.17, 15) is 14.0 Å². The number of carbonyl (C=O) groups excluding carboxylic acids is 1. The van der Waals surface area contributed by atoms with Crippen LogP contribution >= 0.6 is 0 Å². The van der Waals surface area contributed by atoms with Gasteiger partial charge in [-0.05, 0) is 86.0 Å². The SMILES string of the molecule is COc1ccc(-c2c(NC(=O)c3ccc(F)cc3)n(-c3ccc(C)c(C)c3)nc(C)c2=O)cc1. The number of nitrogens with zero attached hydrogens (tertiary/aromatic N) is 2. The molecule has 0 saturated carbocycles. The molecule has 3 aromatic carbocycles. The number of nitrogens with one attached hydrogen (secondary N) is 1. The molecule has 34 heavy (non-hydrogen) atoms. The standard InChI is InChI=1S/C27H24FN3O3/c1-16-5-12-22(15-17(16)2)31-26(29-27(33)20-6-10-21(28)11-7-20)24(25(32)18(3)30-31)19-8-13-23(34-4)14-9-19/h5-15H,1-4H3,(H,29,33). The van der Waals surface area contributed by atoms with E-state index in [2.05, 4.69) is 10.4 Å². The predicted molar refractivity (Wildman–Crippen MR) is 130 cm³/mol. The number of amides is 1. The predicted octanol–water partition coefficient (Wildman–Crippen LogP) is 5.22. The highest BCUT2D eigenvalue weighted by Gasteiger charge is 2.21. The molecule has 0 spiro atoms. The summed E-state index contributed by atoms with van der Waals surface area (Å²) in [5, 5.41) is 7.35. The molecular weight excluding hydrogens is 433 g/mol. The van der Waals surface area contributed by atoms with Crippen LogP contribution in [-0.4, -0.2) is 22.8 Å². The van der Waals surface area contributed by atoms with Crippen LogP contribution in [0.15, 0.2) is 71.5 Å². The first-order valence-electron chi connectivity index (χ1n) is 10.7. The second-order valence-electron chi connectivity index (χ2n) is 8.01. The normalized spacial score (nSPS) is 10.7. The van der Waals surface area contributed by atoms with Crippen LogP contribution in [-0.2, 0) is 0 Å². The van der Waals surface area contributed by atoms with Gasteiger partial charge in [0.05, 0.1) is 18.4 Å². The number of hydrogen-bond acceptors (Lipinski definition) is 4. The first-order chi connectivity index (χ1) is 16.3. The Kier molecular flexibility index (Phi) is 6.27.